The summed E-state index contributed by atoms with van der Waals surface area (Å²) in [6.07, 6.45) is 1.66. The Morgan fingerprint density at radius 1 is 0.706 bits per heavy atom. The van der Waals surface area contributed by atoms with E-state index in [1.807, 2.05) is 24.3 Å². The topological polar surface area (TPSA) is 53.5 Å². The lowest BCUT2D eigenvalue weighted by Gasteiger charge is -2.35. The fourth-order valence-electron chi connectivity index (χ4n) is 4.29. The predicted octanol–water partition coefficient (Wildman–Crippen LogP) is 4.78. The molecule has 5 nitrogen and oxygen atoms in total. The largest absolute Gasteiger partial charge is 0.335 e. The van der Waals surface area contributed by atoms with Crippen molar-refractivity contribution in [3.63, 3.8) is 0 Å². The van der Waals surface area contributed by atoms with Crippen LogP contribution in [0.1, 0.15) is 20.7 Å². The summed E-state index contributed by atoms with van der Waals surface area (Å²) < 4.78 is 29.0. The number of rotatable bonds is 3. The molecule has 0 radical (unpaired) electrons. The number of benzene rings is 3. The van der Waals surface area contributed by atoms with Crippen LogP contribution in [0.2, 0.25) is 0 Å². The second-order valence-corrected chi connectivity index (χ2v) is 8.14. The lowest BCUT2D eigenvalue weighted by Crippen LogP contribution is -2.50. The molecular weight excluding hydrogens is 436 g/mol. The lowest BCUT2D eigenvalue weighted by atomic mass is 9.99. The second kappa shape index (κ2) is 9.02. The van der Waals surface area contributed by atoms with Gasteiger partial charge in [0.15, 0.2) is 0 Å². The Bertz CT molecular complexity index is 1390. The minimum Gasteiger partial charge on any atom is -0.335 e. The molecule has 1 aliphatic heterocycles. The Morgan fingerprint density at radius 2 is 1.41 bits per heavy atom. The smallest absolute Gasteiger partial charge is 0.256 e. The number of pyridine rings is 1. The van der Waals surface area contributed by atoms with E-state index in [4.69, 9.17) is 0 Å². The molecule has 7 heteroatoms. The molecular formula is C27H21F2N3O2. The summed E-state index contributed by atoms with van der Waals surface area (Å²) in [6.45, 7) is 1.13. The third-order valence-corrected chi connectivity index (χ3v) is 6.10. The first-order valence-electron chi connectivity index (χ1n) is 11.0. The Hall–Kier alpha value is -4.13. The normalized spacial score (nSPS) is 13.8. The van der Waals surface area contributed by atoms with Crippen LogP contribution in [0.4, 0.5) is 8.78 Å². The predicted molar refractivity (Wildman–Crippen MR) is 125 cm³/mol. The highest BCUT2D eigenvalue weighted by molar-refractivity contribution is 5.98. The van der Waals surface area contributed by atoms with Crippen molar-refractivity contribution in [2.24, 2.45) is 0 Å². The van der Waals surface area contributed by atoms with Gasteiger partial charge in [-0.25, -0.2) is 8.78 Å². The molecule has 0 aliphatic carbocycles. The van der Waals surface area contributed by atoms with Gasteiger partial charge in [-0.05, 0) is 30.3 Å². The number of hydrogen-bond donors (Lipinski definition) is 0. The van der Waals surface area contributed by atoms with E-state index in [0.29, 0.717) is 16.6 Å². The molecule has 4 aromatic rings. The van der Waals surface area contributed by atoms with Crippen LogP contribution in [0.5, 0.6) is 0 Å². The van der Waals surface area contributed by atoms with E-state index in [-0.39, 0.29) is 43.2 Å². The second-order valence-electron chi connectivity index (χ2n) is 8.14. The van der Waals surface area contributed by atoms with Gasteiger partial charge in [0.2, 0.25) is 0 Å². The van der Waals surface area contributed by atoms with E-state index in [0.717, 1.165) is 5.39 Å². The van der Waals surface area contributed by atoms with Gasteiger partial charge in [-0.15, -0.1) is 0 Å². The summed E-state index contributed by atoms with van der Waals surface area (Å²) >= 11 is 0. The monoisotopic (exact) mass is 457 g/mol. The first-order chi connectivity index (χ1) is 16.5. The van der Waals surface area contributed by atoms with Crippen LogP contribution in [-0.4, -0.2) is 52.8 Å². The van der Waals surface area contributed by atoms with Gasteiger partial charge in [0.25, 0.3) is 11.8 Å². The molecule has 0 atom stereocenters. The molecule has 2 amide bonds. The first-order valence-corrected chi connectivity index (χ1v) is 11.0. The molecule has 2 heterocycles. The van der Waals surface area contributed by atoms with Gasteiger partial charge in [0, 0.05) is 54.5 Å². The van der Waals surface area contributed by atoms with E-state index in [2.05, 4.69) is 4.98 Å². The van der Waals surface area contributed by atoms with E-state index < -0.39 is 17.5 Å². The molecule has 1 fully saturated rings. The van der Waals surface area contributed by atoms with Crippen molar-refractivity contribution in [2.45, 2.75) is 0 Å². The van der Waals surface area contributed by atoms with Gasteiger partial charge in [0.1, 0.15) is 11.6 Å². The number of amides is 2. The van der Waals surface area contributed by atoms with Gasteiger partial charge >= 0.3 is 0 Å². The molecule has 1 aromatic heterocycles. The maximum Gasteiger partial charge on any atom is 0.256 e. The molecule has 1 saturated heterocycles. The Balaban J connectivity index is 1.31. The third kappa shape index (κ3) is 4.01. The summed E-state index contributed by atoms with van der Waals surface area (Å²) in [4.78, 5) is 33.1. The van der Waals surface area contributed by atoms with Crippen molar-refractivity contribution in [1.82, 2.24) is 14.8 Å². The van der Waals surface area contributed by atoms with Crippen molar-refractivity contribution >= 4 is 22.7 Å². The molecule has 0 unspecified atom stereocenters. The Kier molecular flexibility index (Phi) is 5.76. The summed E-state index contributed by atoms with van der Waals surface area (Å²) in [5.41, 5.74) is 1.99. The minimum atomic E-state index is -0.567. The standard InChI is InChI=1S/C27H21F2N3O2/c28-23-9-2-1-7-22(23)27(34)32-15-13-31(14-16-32)26(33)19-10-11-20(24(29)17-19)21-8-3-5-18-6-4-12-30-25(18)21/h1-12,17H,13-16H2. The lowest BCUT2D eigenvalue weighted by molar-refractivity contribution is 0.0532. The zero-order valence-electron chi connectivity index (χ0n) is 18.2. The van der Waals surface area contributed by atoms with Crippen LogP contribution < -0.4 is 0 Å². The fraction of sp³-hybridized carbons (Fsp3) is 0.148. The maximum atomic E-state index is 15.1. The van der Waals surface area contributed by atoms with Crippen molar-refractivity contribution < 1.29 is 18.4 Å². The quantitative estimate of drug-likeness (QED) is 0.445. The number of aromatic nitrogens is 1. The maximum absolute atomic E-state index is 15.1. The van der Waals surface area contributed by atoms with E-state index in [9.17, 15) is 14.0 Å². The fourth-order valence-corrected chi connectivity index (χ4v) is 4.29. The third-order valence-electron chi connectivity index (χ3n) is 6.10. The molecule has 34 heavy (non-hydrogen) atoms. The number of halogens is 2. The number of fused-ring (bicyclic) bond motifs is 1. The number of carbonyl (C=O) groups is 2. The van der Waals surface area contributed by atoms with Gasteiger partial charge in [0.05, 0.1) is 11.1 Å². The van der Waals surface area contributed by atoms with Gasteiger partial charge < -0.3 is 9.80 Å². The molecule has 0 N–H and O–H groups in total. The summed E-state index contributed by atoms with van der Waals surface area (Å²) in [5.74, 6) is -1.77. The van der Waals surface area contributed by atoms with Gasteiger partial charge in [-0.1, -0.05) is 42.5 Å². The van der Waals surface area contributed by atoms with Crippen LogP contribution in [0.3, 0.4) is 0 Å². The van der Waals surface area contributed by atoms with Crippen molar-refractivity contribution in [2.75, 3.05) is 26.2 Å². The van der Waals surface area contributed by atoms with Crippen molar-refractivity contribution in [1.29, 1.82) is 0 Å². The van der Waals surface area contributed by atoms with Gasteiger partial charge in [-0.3, -0.25) is 14.6 Å². The van der Waals surface area contributed by atoms with Crippen LogP contribution in [0.15, 0.2) is 79.0 Å². The van der Waals surface area contributed by atoms with E-state index in [1.165, 1.54) is 29.2 Å². The highest BCUT2D eigenvalue weighted by Crippen LogP contribution is 2.30. The SMILES string of the molecule is O=C(c1ccc(-c2cccc3cccnc23)c(F)c1)N1CCN(C(=O)c2ccccc2F)CC1. The number of hydrogen-bond acceptors (Lipinski definition) is 3. The average Bonchev–Trinajstić information content (AvgIpc) is 2.88. The van der Waals surface area contributed by atoms with Crippen LogP contribution in [0.25, 0.3) is 22.0 Å². The zero-order valence-corrected chi connectivity index (χ0v) is 18.2. The molecule has 1 aliphatic rings. The molecule has 0 saturated carbocycles. The number of para-hydroxylation sites is 1. The van der Waals surface area contributed by atoms with Crippen molar-refractivity contribution in [3.05, 3.63) is 102 Å². The molecule has 3 aromatic carbocycles. The van der Waals surface area contributed by atoms with Crippen LogP contribution >= 0.6 is 0 Å². The minimum absolute atomic E-state index is 0.0165. The summed E-state index contributed by atoms with van der Waals surface area (Å²) in [7, 11) is 0. The molecule has 0 spiro atoms. The van der Waals surface area contributed by atoms with E-state index in [1.54, 1.807) is 35.4 Å². The average molecular weight is 457 g/mol. The Morgan fingerprint density at radius 3 is 2.15 bits per heavy atom. The Labute approximate surface area is 195 Å². The summed E-state index contributed by atoms with van der Waals surface area (Å²) in [5, 5.41) is 0.905. The van der Waals surface area contributed by atoms with Crippen LogP contribution in [-0.2, 0) is 0 Å². The highest BCUT2D eigenvalue weighted by Gasteiger charge is 2.27. The van der Waals surface area contributed by atoms with Gasteiger partial charge in [-0.2, -0.15) is 0 Å². The first kappa shape index (κ1) is 21.7. The number of piperazine rings is 1. The van der Waals surface area contributed by atoms with Crippen LogP contribution in [0, 0.1) is 11.6 Å². The molecule has 5 rings (SSSR count). The van der Waals surface area contributed by atoms with Crippen molar-refractivity contribution in [3.8, 4) is 11.1 Å². The van der Waals surface area contributed by atoms with E-state index >= 15 is 4.39 Å². The highest BCUT2D eigenvalue weighted by atomic mass is 19.1. The molecule has 170 valence electrons. The number of carbonyl (C=O) groups excluding carboxylic acids is 2. The molecule has 0 bridgehead atoms. The zero-order chi connectivity index (χ0) is 23.7. The number of nitrogens with zero attached hydrogens (tertiary/aromatic N) is 3. The summed E-state index contributed by atoms with van der Waals surface area (Å²) in [6, 6.07) is 19.6.